The van der Waals surface area contributed by atoms with Gasteiger partial charge in [0.1, 0.15) is 5.82 Å². The number of nitrogens with one attached hydrogen (secondary N) is 1. The first-order valence-corrected chi connectivity index (χ1v) is 8.94. The average molecular weight is 375 g/mol. The topological polar surface area (TPSA) is 49.4 Å². The Morgan fingerprint density at radius 2 is 1.96 bits per heavy atom. The van der Waals surface area contributed by atoms with Crippen molar-refractivity contribution in [3.8, 4) is 0 Å². The number of likely N-dealkylation sites (tertiary alicyclic amines) is 1. The first kappa shape index (κ1) is 18.4. The average Bonchev–Trinajstić information content (AvgIpc) is 3.02. The second kappa shape index (κ2) is 8.32. The normalized spacial score (nSPS) is 16.8. The number of rotatable bonds is 6. The Hall–Kier alpha value is -2.40. The minimum Gasteiger partial charge on any atom is -0.352 e. The van der Waals surface area contributed by atoms with Crippen LogP contribution in [0, 0.1) is 11.7 Å². The van der Waals surface area contributed by atoms with Crippen LogP contribution in [0.25, 0.3) is 0 Å². The van der Waals surface area contributed by atoms with Crippen molar-refractivity contribution in [2.24, 2.45) is 5.92 Å². The Bertz CT molecular complexity index is 798. The molecule has 0 saturated carbocycles. The molecule has 2 aromatic rings. The van der Waals surface area contributed by atoms with Gasteiger partial charge < -0.3 is 10.2 Å². The standard InChI is InChI=1S/C20H20ClFN2O2/c21-17-10-15(6-7-18(17)22)12-23-20(26)16-11-19(25)24(13-16)9-8-14-4-2-1-3-5-14/h1-7,10,16H,8-9,11-13H2,(H,23,26)/t16-/m0/s1. The van der Waals surface area contributed by atoms with E-state index in [4.69, 9.17) is 11.6 Å². The van der Waals surface area contributed by atoms with Gasteiger partial charge in [0, 0.05) is 26.1 Å². The monoisotopic (exact) mass is 374 g/mol. The van der Waals surface area contributed by atoms with Crippen molar-refractivity contribution >= 4 is 23.4 Å². The Morgan fingerprint density at radius 3 is 2.69 bits per heavy atom. The van der Waals surface area contributed by atoms with E-state index in [1.807, 2.05) is 30.3 Å². The molecule has 0 radical (unpaired) electrons. The summed E-state index contributed by atoms with van der Waals surface area (Å²) in [6.45, 7) is 1.30. The summed E-state index contributed by atoms with van der Waals surface area (Å²) in [5.74, 6) is -1.00. The van der Waals surface area contributed by atoms with E-state index >= 15 is 0 Å². The van der Waals surface area contributed by atoms with Crippen LogP contribution in [0.1, 0.15) is 17.5 Å². The van der Waals surface area contributed by atoms with Gasteiger partial charge >= 0.3 is 0 Å². The van der Waals surface area contributed by atoms with Crippen LogP contribution in [0.3, 0.4) is 0 Å². The number of amides is 2. The second-order valence-corrected chi connectivity index (χ2v) is 6.85. The first-order valence-electron chi connectivity index (χ1n) is 8.56. The number of hydrogen-bond donors (Lipinski definition) is 1. The van der Waals surface area contributed by atoms with E-state index in [0.717, 1.165) is 12.0 Å². The van der Waals surface area contributed by atoms with Gasteiger partial charge in [-0.2, -0.15) is 0 Å². The lowest BCUT2D eigenvalue weighted by atomic mass is 10.1. The molecule has 1 saturated heterocycles. The Balaban J connectivity index is 1.49. The molecule has 6 heteroatoms. The van der Waals surface area contributed by atoms with Crippen LogP contribution in [-0.2, 0) is 22.6 Å². The van der Waals surface area contributed by atoms with Crippen LogP contribution < -0.4 is 5.32 Å². The van der Waals surface area contributed by atoms with Crippen molar-refractivity contribution in [3.63, 3.8) is 0 Å². The molecule has 4 nitrogen and oxygen atoms in total. The van der Waals surface area contributed by atoms with E-state index in [2.05, 4.69) is 5.32 Å². The zero-order valence-electron chi connectivity index (χ0n) is 14.3. The highest BCUT2D eigenvalue weighted by atomic mass is 35.5. The molecule has 2 aromatic carbocycles. The lowest BCUT2D eigenvalue weighted by Gasteiger charge is -2.16. The first-order chi connectivity index (χ1) is 12.5. The van der Waals surface area contributed by atoms with Crippen LogP contribution in [0.15, 0.2) is 48.5 Å². The molecule has 0 bridgehead atoms. The van der Waals surface area contributed by atoms with Crippen LogP contribution in [0.2, 0.25) is 5.02 Å². The highest BCUT2D eigenvalue weighted by Crippen LogP contribution is 2.19. The number of nitrogens with zero attached hydrogens (tertiary/aromatic N) is 1. The molecule has 1 fully saturated rings. The predicted octanol–water partition coefficient (Wildman–Crippen LogP) is 3.19. The molecule has 0 unspecified atom stereocenters. The lowest BCUT2D eigenvalue weighted by Crippen LogP contribution is -2.33. The predicted molar refractivity (Wildman–Crippen MR) is 98.1 cm³/mol. The highest BCUT2D eigenvalue weighted by molar-refractivity contribution is 6.30. The van der Waals surface area contributed by atoms with Gasteiger partial charge in [-0.25, -0.2) is 4.39 Å². The Labute approximate surface area is 157 Å². The van der Waals surface area contributed by atoms with Gasteiger partial charge in [-0.3, -0.25) is 9.59 Å². The maximum absolute atomic E-state index is 13.2. The smallest absolute Gasteiger partial charge is 0.225 e. The van der Waals surface area contributed by atoms with Gasteiger partial charge in [0.15, 0.2) is 0 Å². The summed E-state index contributed by atoms with van der Waals surface area (Å²) in [5, 5.41) is 2.83. The van der Waals surface area contributed by atoms with Crippen molar-refractivity contribution in [1.29, 1.82) is 0 Å². The SMILES string of the molecule is O=C(NCc1ccc(F)c(Cl)c1)[C@H]1CC(=O)N(CCc2ccccc2)C1. The molecule has 0 spiro atoms. The molecule has 3 rings (SSSR count). The number of carbonyl (C=O) groups excluding carboxylic acids is 2. The molecule has 1 N–H and O–H groups in total. The van der Waals surface area contributed by atoms with E-state index in [-0.39, 0.29) is 35.7 Å². The Morgan fingerprint density at radius 1 is 1.19 bits per heavy atom. The fraction of sp³-hybridized carbons (Fsp3) is 0.300. The van der Waals surface area contributed by atoms with Crippen molar-refractivity contribution in [2.75, 3.05) is 13.1 Å². The third-order valence-electron chi connectivity index (χ3n) is 4.55. The number of halogens is 2. The van der Waals surface area contributed by atoms with E-state index in [1.54, 1.807) is 11.0 Å². The molecule has 2 amide bonds. The second-order valence-electron chi connectivity index (χ2n) is 6.44. The summed E-state index contributed by atoms with van der Waals surface area (Å²) in [7, 11) is 0. The molecule has 1 aliphatic rings. The van der Waals surface area contributed by atoms with Crippen LogP contribution in [-0.4, -0.2) is 29.8 Å². The molecule has 1 atom stereocenters. The van der Waals surface area contributed by atoms with Crippen LogP contribution in [0.5, 0.6) is 0 Å². The largest absolute Gasteiger partial charge is 0.352 e. The van der Waals surface area contributed by atoms with Crippen LogP contribution >= 0.6 is 11.6 Å². The summed E-state index contributed by atoms with van der Waals surface area (Å²) in [6.07, 6.45) is 1.000. The van der Waals surface area contributed by atoms with Crippen molar-refractivity contribution in [3.05, 3.63) is 70.5 Å². The maximum Gasteiger partial charge on any atom is 0.225 e. The maximum atomic E-state index is 13.2. The van der Waals surface area contributed by atoms with E-state index < -0.39 is 5.82 Å². The molecule has 1 heterocycles. The summed E-state index contributed by atoms with van der Waals surface area (Å²) in [4.78, 5) is 26.2. The zero-order chi connectivity index (χ0) is 18.5. The molecule has 26 heavy (non-hydrogen) atoms. The van der Waals surface area contributed by atoms with E-state index in [9.17, 15) is 14.0 Å². The molecular formula is C20H20ClFN2O2. The van der Waals surface area contributed by atoms with Crippen molar-refractivity contribution in [1.82, 2.24) is 10.2 Å². The van der Waals surface area contributed by atoms with Gasteiger partial charge in [-0.15, -0.1) is 0 Å². The van der Waals surface area contributed by atoms with Gasteiger partial charge in [0.05, 0.1) is 10.9 Å². The number of benzene rings is 2. The van der Waals surface area contributed by atoms with Gasteiger partial charge in [-0.05, 0) is 29.7 Å². The van der Waals surface area contributed by atoms with Gasteiger partial charge in [0.25, 0.3) is 0 Å². The summed E-state index contributed by atoms with van der Waals surface area (Å²) in [6, 6.07) is 14.3. The minimum absolute atomic E-state index is 0.00547. The van der Waals surface area contributed by atoms with Crippen molar-refractivity contribution < 1.29 is 14.0 Å². The third kappa shape index (κ3) is 4.61. The Kier molecular flexibility index (Phi) is 5.89. The number of hydrogen-bond acceptors (Lipinski definition) is 2. The van der Waals surface area contributed by atoms with Gasteiger partial charge in [0.2, 0.25) is 11.8 Å². The molecule has 1 aliphatic heterocycles. The summed E-state index contributed by atoms with van der Waals surface area (Å²) < 4.78 is 13.2. The fourth-order valence-corrected chi connectivity index (χ4v) is 3.26. The van der Waals surface area contributed by atoms with Crippen molar-refractivity contribution in [2.45, 2.75) is 19.4 Å². The third-order valence-corrected chi connectivity index (χ3v) is 4.84. The highest BCUT2D eigenvalue weighted by Gasteiger charge is 2.33. The molecular weight excluding hydrogens is 355 g/mol. The van der Waals surface area contributed by atoms with E-state index in [1.165, 1.54) is 17.7 Å². The molecule has 136 valence electrons. The van der Waals surface area contributed by atoms with Crippen LogP contribution in [0.4, 0.5) is 4.39 Å². The van der Waals surface area contributed by atoms with Gasteiger partial charge in [-0.1, -0.05) is 48.0 Å². The van der Waals surface area contributed by atoms with E-state index in [0.29, 0.717) is 13.1 Å². The number of carbonyl (C=O) groups is 2. The summed E-state index contributed by atoms with van der Waals surface area (Å²) >= 11 is 5.74. The fourth-order valence-electron chi connectivity index (χ4n) is 3.06. The summed E-state index contributed by atoms with van der Waals surface area (Å²) in [5.41, 5.74) is 1.89. The quantitative estimate of drug-likeness (QED) is 0.844. The lowest BCUT2D eigenvalue weighted by molar-refractivity contribution is -0.129. The zero-order valence-corrected chi connectivity index (χ0v) is 15.0. The minimum atomic E-state index is -0.489. The molecule has 0 aliphatic carbocycles. The molecule has 0 aromatic heterocycles.